The van der Waals surface area contributed by atoms with Crippen LogP contribution in [0.25, 0.3) is 0 Å². The fraction of sp³-hybridized carbons (Fsp3) is 0.600. The third kappa shape index (κ3) is 2.49. The van der Waals surface area contributed by atoms with Crippen molar-refractivity contribution in [1.82, 2.24) is 5.32 Å². The molecule has 2 saturated carbocycles. The maximum atomic E-state index is 13.0. The van der Waals surface area contributed by atoms with Crippen LogP contribution in [0, 0.1) is 5.41 Å². The zero-order valence-electron chi connectivity index (χ0n) is 14.9. The number of amides is 1. The van der Waals surface area contributed by atoms with Gasteiger partial charge in [0.2, 0.25) is 0 Å². The Balaban J connectivity index is 1.40. The van der Waals surface area contributed by atoms with E-state index in [1.54, 1.807) is 6.07 Å². The van der Waals surface area contributed by atoms with Crippen molar-refractivity contribution in [2.24, 2.45) is 5.41 Å². The Kier molecular flexibility index (Phi) is 3.60. The summed E-state index contributed by atoms with van der Waals surface area (Å²) in [7, 11) is 0. The van der Waals surface area contributed by atoms with E-state index >= 15 is 0 Å². The van der Waals surface area contributed by atoms with Crippen molar-refractivity contribution < 1.29 is 24.2 Å². The van der Waals surface area contributed by atoms with Crippen molar-refractivity contribution in [3.63, 3.8) is 0 Å². The summed E-state index contributed by atoms with van der Waals surface area (Å²) >= 11 is 6.19. The summed E-state index contributed by atoms with van der Waals surface area (Å²) in [5, 5.41) is 13.1. The number of hydrogen-bond acceptors (Lipinski definition) is 4. The summed E-state index contributed by atoms with van der Waals surface area (Å²) in [6, 6.07) is 5.31. The topological polar surface area (TPSA) is 84.9 Å². The molecule has 1 aromatic carbocycles. The number of rotatable bonds is 3. The monoisotopic (exact) mass is 391 g/mol. The molecule has 27 heavy (non-hydrogen) atoms. The molecule has 4 fully saturated rings. The zero-order chi connectivity index (χ0) is 18.9. The molecule has 3 aliphatic heterocycles. The highest BCUT2D eigenvalue weighted by atomic mass is 35.5. The van der Waals surface area contributed by atoms with Crippen LogP contribution >= 0.6 is 11.6 Å². The molecule has 0 aromatic heterocycles. The van der Waals surface area contributed by atoms with Crippen LogP contribution in [0.4, 0.5) is 0 Å². The second-order valence-electron chi connectivity index (χ2n) is 8.63. The van der Waals surface area contributed by atoms with E-state index in [9.17, 15) is 14.7 Å². The summed E-state index contributed by atoms with van der Waals surface area (Å²) in [5.74, 6) is -0.324. The van der Waals surface area contributed by atoms with Crippen LogP contribution < -0.4 is 10.1 Å². The van der Waals surface area contributed by atoms with Gasteiger partial charge in [-0.25, -0.2) is 0 Å². The molecule has 1 spiro atoms. The zero-order valence-corrected chi connectivity index (χ0v) is 15.7. The molecule has 2 saturated heterocycles. The lowest BCUT2D eigenvalue weighted by Crippen LogP contribution is -2.58. The highest BCUT2D eigenvalue weighted by Crippen LogP contribution is 2.58. The molecule has 1 aromatic rings. The van der Waals surface area contributed by atoms with Crippen LogP contribution in [0.15, 0.2) is 18.2 Å². The lowest BCUT2D eigenvalue weighted by atomic mass is 9.62. The smallest absolute Gasteiger partial charge is 0.312 e. The van der Waals surface area contributed by atoms with Gasteiger partial charge >= 0.3 is 5.97 Å². The summed E-state index contributed by atoms with van der Waals surface area (Å²) in [6.07, 6.45) is 5.40. The van der Waals surface area contributed by atoms with Gasteiger partial charge in [-0.3, -0.25) is 9.59 Å². The van der Waals surface area contributed by atoms with Gasteiger partial charge in [-0.05, 0) is 43.9 Å². The van der Waals surface area contributed by atoms with Crippen LogP contribution in [0.5, 0.6) is 5.75 Å². The normalized spacial score (nSPS) is 35.2. The minimum atomic E-state index is -1.00. The van der Waals surface area contributed by atoms with Crippen molar-refractivity contribution in [2.75, 3.05) is 6.61 Å². The largest absolute Gasteiger partial charge is 0.487 e. The highest BCUT2D eigenvalue weighted by molar-refractivity contribution is 6.30. The number of aliphatic carboxylic acids is 1. The highest BCUT2D eigenvalue weighted by Gasteiger charge is 2.70. The van der Waals surface area contributed by atoms with Crippen molar-refractivity contribution in [1.29, 1.82) is 0 Å². The quantitative estimate of drug-likeness (QED) is 0.826. The maximum absolute atomic E-state index is 13.0. The van der Waals surface area contributed by atoms with Crippen LogP contribution in [0.1, 0.15) is 56.6 Å². The molecule has 2 aliphatic carbocycles. The third-order valence-electron chi connectivity index (χ3n) is 6.81. The summed E-state index contributed by atoms with van der Waals surface area (Å²) in [5.41, 5.74) is -1.25. The molecule has 1 amide bonds. The van der Waals surface area contributed by atoms with Crippen LogP contribution in [0.2, 0.25) is 5.02 Å². The lowest BCUT2D eigenvalue weighted by Gasteiger charge is -2.43. The number of fused-ring (bicyclic) bond motifs is 2. The van der Waals surface area contributed by atoms with E-state index in [0.717, 1.165) is 37.0 Å². The van der Waals surface area contributed by atoms with Crippen molar-refractivity contribution in [3.05, 3.63) is 28.8 Å². The fourth-order valence-electron chi connectivity index (χ4n) is 5.35. The molecule has 5 aliphatic rings. The minimum absolute atomic E-state index is 0.107. The standard InChI is InChI=1S/C20H22ClNO5/c21-12-3-4-15-13(7-12)14(8-19(27-15)5-1-2-6-19)22-16(23)20-9-18(10-20,11-26-20)17(24)25/h3-4,7,14H,1-2,5-6,8-11H2,(H,22,23)(H,24,25)/t14-,18?,20?/m0/s1. The first-order chi connectivity index (χ1) is 12.9. The van der Waals surface area contributed by atoms with E-state index in [2.05, 4.69) is 5.32 Å². The van der Waals surface area contributed by atoms with Gasteiger partial charge in [0.25, 0.3) is 5.91 Å². The van der Waals surface area contributed by atoms with Gasteiger partial charge in [-0.15, -0.1) is 0 Å². The Morgan fingerprint density at radius 1 is 1.22 bits per heavy atom. The van der Waals surface area contributed by atoms with Crippen molar-refractivity contribution in [2.45, 2.75) is 62.2 Å². The SMILES string of the molecule is O=C(O)C12COC(C(=O)N[C@H]3CC4(CCCC4)Oc4ccc(Cl)cc43)(C1)C2. The second-order valence-corrected chi connectivity index (χ2v) is 9.06. The number of carbonyl (C=O) groups excluding carboxylic acids is 1. The lowest BCUT2D eigenvalue weighted by molar-refractivity contribution is -0.159. The minimum Gasteiger partial charge on any atom is -0.487 e. The molecule has 2 bridgehead atoms. The number of halogens is 1. The van der Waals surface area contributed by atoms with Crippen molar-refractivity contribution >= 4 is 23.5 Å². The van der Waals surface area contributed by atoms with E-state index < -0.39 is 17.0 Å². The van der Waals surface area contributed by atoms with Gasteiger partial charge in [-0.2, -0.15) is 0 Å². The first-order valence-corrected chi connectivity index (χ1v) is 9.90. The molecular weight excluding hydrogens is 370 g/mol. The first kappa shape index (κ1) is 17.3. The Morgan fingerprint density at radius 3 is 2.63 bits per heavy atom. The van der Waals surface area contributed by atoms with E-state index in [1.165, 1.54) is 0 Å². The second kappa shape index (κ2) is 5.61. The van der Waals surface area contributed by atoms with Gasteiger partial charge in [0.15, 0.2) is 0 Å². The molecular formula is C20H22ClNO5. The number of carbonyl (C=O) groups is 2. The van der Waals surface area contributed by atoms with Crippen molar-refractivity contribution in [3.8, 4) is 5.75 Å². The number of carboxylic acid groups (broad SMARTS) is 1. The Morgan fingerprint density at radius 2 is 1.96 bits per heavy atom. The van der Waals surface area contributed by atoms with E-state index in [0.29, 0.717) is 11.4 Å². The molecule has 6 nitrogen and oxygen atoms in total. The molecule has 2 N–H and O–H groups in total. The Labute approximate surface area is 162 Å². The molecule has 1 atom stereocenters. The molecule has 6 rings (SSSR count). The molecule has 0 radical (unpaired) electrons. The Hall–Kier alpha value is -1.79. The first-order valence-electron chi connectivity index (χ1n) is 9.52. The van der Waals surface area contributed by atoms with Crippen LogP contribution in [0.3, 0.4) is 0 Å². The number of hydrogen-bond donors (Lipinski definition) is 2. The summed E-state index contributed by atoms with van der Waals surface area (Å²) in [6.45, 7) is 0.107. The number of carboxylic acids is 1. The summed E-state index contributed by atoms with van der Waals surface area (Å²) < 4.78 is 12.0. The third-order valence-corrected chi connectivity index (χ3v) is 7.05. The molecule has 144 valence electrons. The van der Waals surface area contributed by atoms with E-state index in [4.69, 9.17) is 21.1 Å². The van der Waals surface area contributed by atoms with Gasteiger partial charge in [0, 0.05) is 29.8 Å². The van der Waals surface area contributed by atoms with Crippen LogP contribution in [-0.2, 0) is 14.3 Å². The summed E-state index contributed by atoms with van der Waals surface area (Å²) in [4.78, 5) is 24.5. The van der Waals surface area contributed by atoms with Gasteiger partial charge in [0.1, 0.15) is 17.0 Å². The number of ether oxygens (including phenoxy) is 2. The van der Waals surface area contributed by atoms with Crippen LogP contribution in [-0.4, -0.2) is 34.8 Å². The average Bonchev–Trinajstić information content (AvgIpc) is 3.29. The van der Waals surface area contributed by atoms with E-state index in [1.807, 2.05) is 12.1 Å². The molecule has 7 heteroatoms. The number of nitrogens with one attached hydrogen (secondary N) is 1. The fourth-order valence-corrected chi connectivity index (χ4v) is 5.53. The van der Waals surface area contributed by atoms with Gasteiger partial charge < -0.3 is 19.9 Å². The predicted molar refractivity (Wildman–Crippen MR) is 96.8 cm³/mol. The van der Waals surface area contributed by atoms with Gasteiger partial charge in [-0.1, -0.05) is 11.6 Å². The van der Waals surface area contributed by atoms with Gasteiger partial charge in [0.05, 0.1) is 18.1 Å². The average molecular weight is 392 g/mol. The molecule has 3 heterocycles. The molecule has 0 unspecified atom stereocenters. The Bertz CT molecular complexity index is 826. The van der Waals surface area contributed by atoms with E-state index in [-0.39, 0.29) is 37.0 Å². The number of benzene rings is 1. The predicted octanol–water partition coefficient (Wildman–Crippen LogP) is 3.23. The maximum Gasteiger partial charge on any atom is 0.312 e.